The van der Waals surface area contributed by atoms with Gasteiger partial charge >= 0.3 is 37.7 Å². The molecule has 0 heterocycles. The zero-order chi connectivity index (χ0) is 3.58. The standard InChI is InChI=1S/Ca.HNO3.H3N.H2O.2H/c;2-1(3)4;;;;/h;(H,2,3,4);1H3;1H2;;/q+2;;;;2*-1. The molecular weight excluding hydrogens is 132 g/mol. The molecule has 6 nitrogen and oxygen atoms in total. The predicted octanol–water partition coefficient (Wildman–Crippen LogP) is -1.17. The van der Waals surface area contributed by atoms with Crippen LogP contribution in [0, 0.1) is 10.1 Å². The van der Waals surface area contributed by atoms with Crippen molar-refractivity contribution < 1.29 is 18.6 Å². The fourth-order valence-corrected chi connectivity index (χ4v) is 0. The topological polar surface area (TPSA) is 130 Å². The molecule has 7 heavy (non-hydrogen) atoms. The van der Waals surface area contributed by atoms with Crippen LogP contribution in [0.4, 0.5) is 0 Å². The first-order valence-electron chi connectivity index (χ1n) is 0.565. The van der Waals surface area contributed by atoms with Crippen molar-refractivity contribution in [3.63, 3.8) is 0 Å². The fourth-order valence-electron chi connectivity index (χ4n) is 0. The Morgan fingerprint density at radius 3 is 1.71 bits per heavy atom. The van der Waals surface area contributed by atoms with Crippen molar-refractivity contribution in [2.24, 2.45) is 0 Å². The van der Waals surface area contributed by atoms with Crippen LogP contribution >= 0.6 is 0 Å². The zero-order valence-corrected chi connectivity index (χ0v) is 5.83. The van der Waals surface area contributed by atoms with Gasteiger partial charge in [-0.15, -0.1) is 10.1 Å². The van der Waals surface area contributed by atoms with E-state index >= 15 is 0 Å². The molecule has 0 saturated heterocycles. The summed E-state index contributed by atoms with van der Waals surface area (Å²) in [6.07, 6.45) is 0. The Morgan fingerprint density at radius 1 is 1.71 bits per heavy atom. The van der Waals surface area contributed by atoms with Crippen LogP contribution in [0.1, 0.15) is 2.85 Å². The normalized spacial score (nSPS) is 3.43. The van der Waals surface area contributed by atoms with Gasteiger partial charge in [-0.2, -0.15) is 0 Å². The summed E-state index contributed by atoms with van der Waals surface area (Å²) in [5.74, 6) is 0. The molecule has 0 saturated carbocycles. The molecule has 0 aromatic rings. The fraction of sp³-hybridized carbons (Fsp3) is 0. The van der Waals surface area contributed by atoms with E-state index in [1.54, 1.807) is 0 Å². The molecule has 0 atom stereocenters. The first kappa shape index (κ1) is 26.3. The average Bonchev–Trinajstić information content (AvgIpc) is 0.811. The van der Waals surface area contributed by atoms with Gasteiger partial charge in [-0.05, 0) is 0 Å². The van der Waals surface area contributed by atoms with Gasteiger partial charge in [-0.25, -0.2) is 0 Å². The monoisotopic (exact) mass is 140 g/mol. The Kier molecular flexibility index (Phi) is 60.7. The van der Waals surface area contributed by atoms with Crippen LogP contribution in [0.25, 0.3) is 0 Å². The average molecular weight is 140 g/mol. The Labute approximate surface area is 72.5 Å². The van der Waals surface area contributed by atoms with Gasteiger partial charge in [0.05, 0.1) is 0 Å². The smallest absolute Gasteiger partial charge is 1.00 e. The largest absolute Gasteiger partial charge is 2.00 e. The van der Waals surface area contributed by atoms with Crippen LogP contribution in [-0.2, 0) is 0 Å². The molecule has 44 valence electrons. The quantitative estimate of drug-likeness (QED) is 0.249. The Bertz CT molecular complexity index is 39.5. The van der Waals surface area contributed by atoms with Crippen LogP contribution in [0.3, 0.4) is 0 Å². The van der Waals surface area contributed by atoms with E-state index in [9.17, 15) is 0 Å². The molecule has 0 amide bonds. The molecule has 0 aromatic heterocycles. The SMILES string of the molecule is N.O.O=[N+]([O-])O.[Ca+2].[H-].[H-]. The third-order valence-electron chi connectivity index (χ3n) is 0. The van der Waals surface area contributed by atoms with E-state index in [1.807, 2.05) is 0 Å². The second kappa shape index (κ2) is 16.2. The summed E-state index contributed by atoms with van der Waals surface area (Å²) in [5, 5.41) is 13.6. The first-order valence-corrected chi connectivity index (χ1v) is 0.565. The number of hydrogen-bond donors (Lipinski definition) is 2. The van der Waals surface area contributed by atoms with E-state index < -0.39 is 5.09 Å². The van der Waals surface area contributed by atoms with Crippen LogP contribution in [0.5, 0.6) is 0 Å². The molecular formula is H8CaN2O4. The van der Waals surface area contributed by atoms with E-state index in [4.69, 9.17) is 15.3 Å². The molecule has 6 N–H and O–H groups in total. The van der Waals surface area contributed by atoms with Gasteiger partial charge in [0.15, 0.2) is 0 Å². The van der Waals surface area contributed by atoms with E-state index in [-0.39, 0.29) is 52.2 Å². The minimum Gasteiger partial charge on any atom is -1.00 e. The van der Waals surface area contributed by atoms with E-state index in [2.05, 4.69) is 0 Å². The van der Waals surface area contributed by atoms with Gasteiger partial charge in [0, 0.05) is 0 Å². The molecule has 0 aliphatic rings. The number of rotatable bonds is 0. The van der Waals surface area contributed by atoms with Crippen LogP contribution in [0.2, 0.25) is 0 Å². The van der Waals surface area contributed by atoms with Gasteiger partial charge < -0.3 is 19.7 Å². The van der Waals surface area contributed by atoms with Crippen molar-refractivity contribution >= 4 is 37.7 Å². The molecule has 0 spiro atoms. The summed E-state index contributed by atoms with van der Waals surface area (Å²) in [6.45, 7) is 0. The summed E-state index contributed by atoms with van der Waals surface area (Å²) in [5.41, 5.74) is 0. The summed E-state index contributed by atoms with van der Waals surface area (Å²) < 4.78 is 0. The summed E-state index contributed by atoms with van der Waals surface area (Å²) in [4.78, 5) is 8.36. The predicted molar refractivity (Wildman–Crippen MR) is 25.4 cm³/mol. The molecule has 0 fully saturated rings. The minimum atomic E-state index is -1.50. The van der Waals surface area contributed by atoms with Crippen molar-refractivity contribution in [2.75, 3.05) is 0 Å². The van der Waals surface area contributed by atoms with Crippen LogP contribution in [0.15, 0.2) is 0 Å². The third kappa shape index (κ3) is 849. The first-order chi connectivity index (χ1) is 1.73. The third-order valence-corrected chi connectivity index (χ3v) is 0. The molecule has 0 radical (unpaired) electrons. The molecule has 0 aliphatic heterocycles. The summed E-state index contributed by atoms with van der Waals surface area (Å²) in [7, 11) is 0. The summed E-state index contributed by atoms with van der Waals surface area (Å²) >= 11 is 0. The molecule has 0 aromatic carbocycles. The Balaban J connectivity index is -0.00000000450. The molecule has 7 heteroatoms. The van der Waals surface area contributed by atoms with Crippen LogP contribution in [-0.4, -0.2) is 53.5 Å². The van der Waals surface area contributed by atoms with Gasteiger partial charge in [-0.3, -0.25) is 0 Å². The molecule has 0 aliphatic carbocycles. The van der Waals surface area contributed by atoms with Gasteiger partial charge in [-0.1, -0.05) is 0 Å². The van der Waals surface area contributed by atoms with Gasteiger partial charge in [0.2, 0.25) is 0 Å². The van der Waals surface area contributed by atoms with E-state index in [0.717, 1.165) is 0 Å². The van der Waals surface area contributed by atoms with Crippen molar-refractivity contribution in [3.8, 4) is 0 Å². The maximum absolute atomic E-state index is 8.36. The van der Waals surface area contributed by atoms with Crippen molar-refractivity contribution in [1.29, 1.82) is 0 Å². The Morgan fingerprint density at radius 2 is 1.71 bits per heavy atom. The minimum absolute atomic E-state index is 0. The maximum atomic E-state index is 8.36. The number of hydrogen-bond acceptors (Lipinski definition) is 3. The summed E-state index contributed by atoms with van der Waals surface area (Å²) in [6, 6.07) is 0. The van der Waals surface area contributed by atoms with Crippen LogP contribution < -0.4 is 6.15 Å². The van der Waals surface area contributed by atoms with E-state index in [0.29, 0.717) is 0 Å². The van der Waals surface area contributed by atoms with Crippen molar-refractivity contribution in [1.82, 2.24) is 6.15 Å². The van der Waals surface area contributed by atoms with Gasteiger partial charge in [0.1, 0.15) is 0 Å². The molecule has 0 bridgehead atoms. The van der Waals surface area contributed by atoms with E-state index in [1.165, 1.54) is 0 Å². The maximum Gasteiger partial charge on any atom is 2.00 e. The number of nitrogens with zero attached hydrogens (tertiary/aromatic N) is 1. The van der Waals surface area contributed by atoms with Crippen molar-refractivity contribution in [3.05, 3.63) is 10.1 Å². The second-order valence-electron chi connectivity index (χ2n) is 0.238. The zero-order valence-electron chi connectivity index (χ0n) is 5.63. The van der Waals surface area contributed by atoms with Crippen molar-refractivity contribution in [2.45, 2.75) is 0 Å². The molecule has 0 unspecified atom stereocenters. The van der Waals surface area contributed by atoms with Gasteiger partial charge in [0.25, 0.3) is 5.09 Å². The molecule has 0 rings (SSSR count). The Hall–Kier alpha value is 0.380. The second-order valence-corrected chi connectivity index (χ2v) is 0.238.